The Bertz CT molecular complexity index is 769. The highest BCUT2D eigenvalue weighted by molar-refractivity contribution is 5.97. The van der Waals surface area contributed by atoms with Gasteiger partial charge in [0.05, 0.1) is 0 Å². The molecule has 25 heavy (non-hydrogen) atoms. The molecule has 0 unspecified atom stereocenters. The number of nitrogens with two attached hydrogens (primary N) is 1. The predicted octanol–water partition coefficient (Wildman–Crippen LogP) is 2.17. The Morgan fingerprint density at radius 1 is 1.28 bits per heavy atom. The van der Waals surface area contributed by atoms with E-state index in [9.17, 15) is 4.79 Å². The van der Waals surface area contributed by atoms with E-state index in [0.29, 0.717) is 43.6 Å². The SMILES string of the molecule is CN(CC(C)(C)CN)C(=O)c1ncoc1-c1ccc2c(c1)OCCO2. The van der Waals surface area contributed by atoms with Gasteiger partial charge in [-0.05, 0) is 30.2 Å². The first-order valence-corrected chi connectivity index (χ1v) is 8.20. The molecule has 2 aromatic rings. The minimum absolute atomic E-state index is 0.175. The fourth-order valence-electron chi connectivity index (χ4n) is 2.75. The van der Waals surface area contributed by atoms with Gasteiger partial charge in [-0.2, -0.15) is 0 Å². The topological polar surface area (TPSA) is 90.8 Å². The van der Waals surface area contributed by atoms with Gasteiger partial charge in [0.25, 0.3) is 5.91 Å². The maximum Gasteiger partial charge on any atom is 0.276 e. The van der Waals surface area contributed by atoms with Crippen molar-refractivity contribution in [3.05, 3.63) is 30.3 Å². The maximum atomic E-state index is 12.8. The molecule has 7 heteroatoms. The zero-order valence-corrected chi connectivity index (χ0v) is 14.7. The number of ether oxygens (including phenoxy) is 2. The maximum absolute atomic E-state index is 12.8. The van der Waals surface area contributed by atoms with E-state index >= 15 is 0 Å². The molecule has 1 amide bonds. The van der Waals surface area contributed by atoms with Gasteiger partial charge in [0.2, 0.25) is 0 Å². The highest BCUT2D eigenvalue weighted by atomic mass is 16.6. The second-order valence-electron chi connectivity index (χ2n) is 6.92. The smallest absolute Gasteiger partial charge is 0.276 e. The van der Waals surface area contributed by atoms with Gasteiger partial charge in [-0.15, -0.1) is 0 Å². The van der Waals surface area contributed by atoms with E-state index in [1.165, 1.54) is 6.39 Å². The molecule has 3 rings (SSSR count). The Balaban J connectivity index is 1.86. The molecule has 0 radical (unpaired) electrons. The van der Waals surface area contributed by atoms with Crippen LogP contribution in [0, 0.1) is 5.41 Å². The highest BCUT2D eigenvalue weighted by Crippen LogP contribution is 2.35. The molecule has 0 saturated heterocycles. The van der Waals surface area contributed by atoms with Gasteiger partial charge < -0.3 is 24.5 Å². The highest BCUT2D eigenvalue weighted by Gasteiger charge is 2.26. The van der Waals surface area contributed by atoms with Crippen LogP contribution >= 0.6 is 0 Å². The summed E-state index contributed by atoms with van der Waals surface area (Å²) < 4.78 is 16.6. The fraction of sp³-hybridized carbons (Fsp3) is 0.444. The molecule has 7 nitrogen and oxygen atoms in total. The van der Waals surface area contributed by atoms with Crippen LogP contribution in [0.25, 0.3) is 11.3 Å². The van der Waals surface area contributed by atoms with Crippen LogP contribution in [0.2, 0.25) is 0 Å². The Hall–Kier alpha value is -2.54. The number of hydrogen-bond acceptors (Lipinski definition) is 6. The van der Waals surface area contributed by atoms with E-state index in [1.807, 2.05) is 26.0 Å². The van der Waals surface area contributed by atoms with E-state index in [2.05, 4.69) is 4.98 Å². The number of aromatic nitrogens is 1. The van der Waals surface area contributed by atoms with E-state index in [0.717, 1.165) is 5.56 Å². The van der Waals surface area contributed by atoms with Crippen LogP contribution in [0.3, 0.4) is 0 Å². The third kappa shape index (κ3) is 3.61. The molecule has 134 valence electrons. The molecule has 0 bridgehead atoms. The molecule has 0 aliphatic carbocycles. The normalized spacial score (nSPS) is 13.6. The predicted molar refractivity (Wildman–Crippen MR) is 92.7 cm³/mol. The summed E-state index contributed by atoms with van der Waals surface area (Å²) in [6, 6.07) is 5.44. The number of nitrogens with zero attached hydrogens (tertiary/aromatic N) is 2. The summed E-state index contributed by atoms with van der Waals surface area (Å²) >= 11 is 0. The first-order valence-electron chi connectivity index (χ1n) is 8.20. The molecule has 1 aromatic carbocycles. The minimum Gasteiger partial charge on any atom is -0.486 e. The Morgan fingerprint density at radius 2 is 2.00 bits per heavy atom. The van der Waals surface area contributed by atoms with Crippen molar-refractivity contribution in [2.24, 2.45) is 11.1 Å². The second kappa shape index (κ2) is 6.76. The van der Waals surface area contributed by atoms with Gasteiger partial charge >= 0.3 is 0 Å². The summed E-state index contributed by atoms with van der Waals surface area (Å²) in [6.07, 6.45) is 1.28. The molecule has 0 saturated carbocycles. The van der Waals surface area contributed by atoms with E-state index < -0.39 is 0 Å². The summed E-state index contributed by atoms with van der Waals surface area (Å²) in [5, 5.41) is 0. The minimum atomic E-state index is -0.208. The third-order valence-electron chi connectivity index (χ3n) is 4.14. The quantitative estimate of drug-likeness (QED) is 0.893. The number of oxazole rings is 1. The lowest BCUT2D eigenvalue weighted by Crippen LogP contribution is -2.40. The summed E-state index contributed by atoms with van der Waals surface area (Å²) in [7, 11) is 1.74. The van der Waals surface area contributed by atoms with Crippen molar-refractivity contribution in [3.63, 3.8) is 0 Å². The van der Waals surface area contributed by atoms with Crippen molar-refractivity contribution in [1.29, 1.82) is 0 Å². The number of rotatable bonds is 5. The average Bonchev–Trinajstić information content (AvgIpc) is 3.10. The Morgan fingerprint density at radius 3 is 2.72 bits per heavy atom. The lowest BCUT2D eigenvalue weighted by Gasteiger charge is -2.28. The molecule has 2 N–H and O–H groups in total. The van der Waals surface area contributed by atoms with Crippen LogP contribution in [0.1, 0.15) is 24.3 Å². The van der Waals surface area contributed by atoms with Crippen molar-refractivity contribution in [2.75, 3.05) is 33.4 Å². The van der Waals surface area contributed by atoms with E-state index in [4.69, 9.17) is 19.6 Å². The molecule has 2 heterocycles. The number of carbonyl (C=O) groups is 1. The van der Waals surface area contributed by atoms with E-state index in [-0.39, 0.29) is 17.0 Å². The van der Waals surface area contributed by atoms with Gasteiger partial charge in [0.15, 0.2) is 29.3 Å². The van der Waals surface area contributed by atoms with Crippen LogP contribution in [0.15, 0.2) is 29.0 Å². The number of carbonyl (C=O) groups excluding carboxylic acids is 1. The average molecular weight is 345 g/mol. The largest absolute Gasteiger partial charge is 0.486 e. The van der Waals surface area contributed by atoms with Crippen molar-refractivity contribution in [1.82, 2.24) is 9.88 Å². The van der Waals surface area contributed by atoms with Crippen molar-refractivity contribution in [2.45, 2.75) is 13.8 Å². The zero-order chi connectivity index (χ0) is 18.0. The van der Waals surface area contributed by atoms with Crippen molar-refractivity contribution in [3.8, 4) is 22.8 Å². The third-order valence-corrected chi connectivity index (χ3v) is 4.14. The lowest BCUT2D eigenvalue weighted by molar-refractivity contribution is 0.0735. The number of fused-ring (bicyclic) bond motifs is 1. The second-order valence-corrected chi connectivity index (χ2v) is 6.92. The zero-order valence-electron chi connectivity index (χ0n) is 14.7. The van der Waals surface area contributed by atoms with Gasteiger partial charge in [-0.25, -0.2) is 4.98 Å². The monoisotopic (exact) mass is 345 g/mol. The molecular formula is C18H23N3O4. The number of amides is 1. The summed E-state index contributed by atoms with van der Waals surface area (Å²) in [5.41, 5.74) is 6.58. The van der Waals surface area contributed by atoms with Crippen molar-refractivity contribution >= 4 is 5.91 Å². The fourth-order valence-corrected chi connectivity index (χ4v) is 2.75. The Labute approximate surface area is 146 Å². The first-order chi connectivity index (χ1) is 11.9. The van der Waals surface area contributed by atoms with E-state index in [1.54, 1.807) is 18.0 Å². The van der Waals surface area contributed by atoms with Crippen LogP contribution in [0.5, 0.6) is 11.5 Å². The molecule has 0 spiro atoms. The molecule has 1 aliphatic heterocycles. The molecule has 1 aliphatic rings. The molecule has 0 fully saturated rings. The van der Waals surface area contributed by atoms with Crippen LogP contribution in [-0.4, -0.2) is 49.1 Å². The summed E-state index contributed by atoms with van der Waals surface area (Å²) in [5.74, 6) is 1.53. The van der Waals surface area contributed by atoms with Crippen LogP contribution < -0.4 is 15.2 Å². The van der Waals surface area contributed by atoms with Gasteiger partial charge in [-0.3, -0.25) is 4.79 Å². The number of hydrogen-bond donors (Lipinski definition) is 1. The number of benzene rings is 1. The molecular weight excluding hydrogens is 322 g/mol. The summed E-state index contributed by atoms with van der Waals surface area (Å²) in [4.78, 5) is 18.5. The lowest BCUT2D eigenvalue weighted by atomic mass is 9.93. The van der Waals surface area contributed by atoms with Crippen molar-refractivity contribution < 1.29 is 18.7 Å². The summed E-state index contributed by atoms with van der Waals surface area (Å²) in [6.45, 7) is 6.06. The van der Waals surface area contributed by atoms with Gasteiger partial charge in [-0.1, -0.05) is 13.8 Å². The molecule has 1 aromatic heterocycles. The Kier molecular flexibility index (Phi) is 4.67. The first kappa shape index (κ1) is 17.3. The van der Waals surface area contributed by atoms with Gasteiger partial charge in [0, 0.05) is 19.2 Å². The van der Waals surface area contributed by atoms with Gasteiger partial charge in [0.1, 0.15) is 13.2 Å². The molecule has 0 atom stereocenters. The van der Waals surface area contributed by atoms with Crippen LogP contribution in [0.4, 0.5) is 0 Å². The standard InChI is InChI=1S/C18H23N3O4/c1-18(2,9-19)10-21(3)17(22)15-16(25-11-20-15)12-4-5-13-14(8-12)24-7-6-23-13/h4-5,8,11H,6-7,9-10,19H2,1-3H3. The van der Waals surface area contributed by atoms with Crippen LogP contribution in [-0.2, 0) is 0 Å².